The molecule has 0 radical (unpaired) electrons. The van der Waals surface area contributed by atoms with E-state index in [1.54, 1.807) is 30.3 Å². The van der Waals surface area contributed by atoms with E-state index in [9.17, 15) is 23.2 Å². The molecule has 1 heterocycles. The highest BCUT2D eigenvalue weighted by Gasteiger charge is 2.40. The van der Waals surface area contributed by atoms with E-state index in [2.05, 4.69) is 10.3 Å². The maximum Gasteiger partial charge on any atom is 0.418 e. The number of nitrogens with zero attached hydrogens (tertiary/aromatic N) is 2. The van der Waals surface area contributed by atoms with Crippen molar-refractivity contribution in [3.05, 3.63) is 46.6 Å². The number of rotatable bonds is 6. The van der Waals surface area contributed by atoms with Crippen LogP contribution in [-0.2, 0) is 23.8 Å². The first kappa shape index (κ1) is 22.9. The number of ether oxygens (including phenoxy) is 1. The third-order valence-corrected chi connectivity index (χ3v) is 6.27. The average Bonchev–Trinajstić information content (AvgIpc) is 2.75. The van der Waals surface area contributed by atoms with Crippen molar-refractivity contribution in [3.8, 4) is 11.8 Å². The number of fused-ring (bicyclic) bond motifs is 1. The zero-order valence-electron chi connectivity index (χ0n) is 17.2. The molecule has 0 aliphatic heterocycles. The molecular weight excluding hydrogens is 427 g/mol. The summed E-state index contributed by atoms with van der Waals surface area (Å²) in [6.07, 6.45) is -2.42. The third-order valence-electron chi connectivity index (χ3n) is 5.30. The predicted molar refractivity (Wildman–Crippen MR) is 112 cm³/mol. The van der Waals surface area contributed by atoms with E-state index >= 15 is 0 Å². The van der Waals surface area contributed by atoms with Gasteiger partial charge < -0.3 is 10.1 Å². The van der Waals surface area contributed by atoms with E-state index in [-0.39, 0.29) is 28.7 Å². The molecule has 1 N–H and O–H groups in total. The van der Waals surface area contributed by atoms with Gasteiger partial charge in [-0.25, -0.2) is 4.98 Å². The van der Waals surface area contributed by atoms with Gasteiger partial charge in [0.1, 0.15) is 16.8 Å². The van der Waals surface area contributed by atoms with Gasteiger partial charge in [0, 0.05) is 17.4 Å². The van der Waals surface area contributed by atoms with Crippen molar-refractivity contribution in [2.24, 2.45) is 5.92 Å². The van der Waals surface area contributed by atoms with Crippen molar-refractivity contribution < 1.29 is 22.7 Å². The zero-order valence-corrected chi connectivity index (χ0v) is 18.0. The Labute approximate surface area is 183 Å². The second-order valence-electron chi connectivity index (χ2n) is 7.29. The van der Waals surface area contributed by atoms with Crippen LogP contribution in [0, 0.1) is 17.2 Å². The minimum absolute atomic E-state index is 0.0516. The normalized spacial score (nSPS) is 15.7. The highest BCUT2D eigenvalue weighted by Crippen LogP contribution is 2.42. The molecule has 1 aromatic carbocycles. The molecule has 1 aromatic heterocycles. The van der Waals surface area contributed by atoms with Crippen LogP contribution in [0.4, 0.5) is 18.9 Å². The molecule has 0 unspecified atom stereocenters. The molecule has 164 valence electrons. The first-order valence-corrected chi connectivity index (χ1v) is 10.8. The van der Waals surface area contributed by atoms with Gasteiger partial charge in [0.15, 0.2) is 0 Å². The number of thioether (sulfide) groups is 1. The van der Waals surface area contributed by atoms with Gasteiger partial charge in [0.25, 0.3) is 0 Å². The summed E-state index contributed by atoms with van der Waals surface area (Å²) in [5.41, 5.74) is -0.374. The van der Waals surface area contributed by atoms with E-state index in [4.69, 9.17) is 4.74 Å². The SMILES string of the molecule is CC[C@H]1CCc2nc(SCC(=O)Nc3cccc(OC)c3)c(C#N)c(C(F)(F)F)c2C1. The van der Waals surface area contributed by atoms with Crippen LogP contribution in [0.1, 0.15) is 42.1 Å². The van der Waals surface area contributed by atoms with E-state index in [1.807, 2.05) is 6.92 Å². The van der Waals surface area contributed by atoms with Crippen molar-refractivity contribution in [1.29, 1.82) is 5.26 Å². The Morgan fingerprint density at radius 2 is 2.19 bits per heavy atom. The lowest BCUT2D eigenvalue weighted by atomic mass is 9.82. The summed E-state index contributed by atoms with van der Waals surface area (Å²) in [6.45, 7) is 1.95. The first-order valence-electron chi connectivity index (χ1n) is 9.86. The number of nitrogens with one attached hydrogen (secondary N) is 1. The molecule has 9 heteroatoms. The van der Waals surface area contributed by atoms with Crippen LogP contribution in [0.25, 0.3) is 0 Å². The molecule has 1 atom stereocenters. The van der Waals surface area contributed by atoms with Crippen LogP contribution in [0.3, 0.4) is 0 Å². The zero-order chi connectivity index (χ0) is 22.6. The number of pyridine rings is 1. The Morgan fingerprint density at radius 1 is 1.42 bits per heavy atom. The van der Waals surface area contributed by atoms with Crippen LogP contribution in [0.2, 0.25) is 0 Å². The summed E-state index contributed by atoms with van der Waals surface area (Å²) in [5.74, 6) is 0.121. The van der Waals surface area contributed by atoms with Gasteiger partial charge in [-0.1, -0.05) is 31.2 Å². The lowest BCUT2D eigenvalue weighted by Gasteiger charge is -2.27. The molecule has 1 aliphatic rings. The summed E-state index contributed by atoms with van der Waals surface area (Å²) < 4.78 is 46.8. The van der Waals surface area contributed by atoms with Crippen LogP contribution < -0.4 is 10.1 Å². The number of benzene rings is 1. The number of halogens is 3. The predicted octanol–water partition coefficient (Wildman–Crippen LogP) is 5.23. The number of hydrogen-bond acceptors (Lipinski definition) is 5. The Balaban J connectivity index is 1.86. The van der Waals surface area contributed by atoms with Crippen LogP contribution in [0.15, 0.2) is 29.3 Å². The van der Waals surface area contributed by atoms with Gasteiger partial charge in [-0.3, -0.25) is 4.79 Å². The monoisotopic (exact) mass is 449 g/mol. The fourth-order valence-corrected chi connectivity index (χ4v) is 4.51. The number of aryl methyl sites for hydroxylation is 1. The standard InChI is InChI=1S/C22H22F3N3O2S/c1-3-13-7-8-18-16(9-13)20(22(23,24)25)17(11-26)21(28-18)31-12-19(29)27-14-5-4-6-15(10-14)30-2/h4-6,10,13H,3,7-9,12H2,1-2H3,(H,27,29)/t13-/m0/s1. The van der Waals surface area contributed by atoms with E-state index < -0.39 is 23.2 Å². The number of carbonyl (C=O) groups is 1. The number of alkyl halides is 3. The molecule has 0 fully saturated rings. The van der Waals surface area contributed by atoms with Gasteiger partial charge in [-0.05, 0) is 42.9 Å². The molecule has 3 rings (SSSR count). The van der Waals surface area contributed by atoms with Gasteiger partial charge in [0.05, 0.1) is 24.0 Å². The highest BCUT2D eigenvalue weighted by molar-refractivity contribution is 8.00. The first-order chi connectivity index (χ1) is 14.8. The Bertz CT molecular complexity index is 1020. The smallest absolute Gasteiger partial charge is 0.418 e. The quantitative estimate of drug-likeness (QED) is 0.612. The van der Waals surface area contributed by atoms with Crippen LogP contribution in [0.5, 0.6) is 5.75 Å². The van der Waals surface area contributed by atoms with Crippen LogP contribution >= 0.6 is 11.8 Å². The van der Waals surface area contributed by atoms with Crippen molar-refractivity contribution in [3.63, 3.8) is 0 Å². The third kappa shape index (κ3) is 5.31. The number of carbonyl (C=O) groups excluding carboxylic acids is 1. The summed E-state index contributed by atoms with van der Waals surface area (Å²) in [7, 11) is 1.50. The molecular formula is C22H22F3N3O2S. The Morgan fingerprint density at radius 3 is 2.84 bits per heavy atom. The minimum atomic E-state index is -4.66. The van der Waals surface area contributed by atoms with Gasteiger partial charge in [0.2, 0.25) is 5.91 Å². The molecule has 31 heavy (non-hydrogen) atoms. The van der Waals surface area contributed by atoms with E-state index in [0.717, 1.165) is 24.6 Å². The second-order valence-corrected chi connectivity index (χ2v) is 8.25. The fraction of sp³-hybridized carbons (Fsp3) is 0.409. The van der Waals surface area contributed by atoms with Gasteiger partial charge in [-0.2, -0.15) is 18.4 Å². The highest BCUT2D eigenvalue weighted by atomic mass is 32.2. The van der Waals surface area contributed by atoms with Crippen molar-refractivity contribution in [1.82, 2.24) is 4.98 Å². The molecule has 1 amide bonds. The number of methoxy groups -OCH3 is 1. The Hall–Kier alpha value is -2.73. The number of amides is 1. The lowest BCUT2D eigenvalue weighted by molar-refractivity contribution is -0.138. The van der Waals surface area contributed by atoms with E-state index in [0.29, 0.717) is 23.6 Å². The Kier molecular flexibility index (Phi) is 7.11. The molecule has 0 saturated heterocycles. The summed E-state index contributed by atoms with van der Waals surface area (Å²) in [6, 6.07) is 8.43. The van der Waals surface area contributed by atoms with Crippen molar-refractivity contribution >= 4 is 23.4 Å². The molecule has 1 aliphatic carbocycles. The maximum absolute atomic E-state index is 13.9. The maximum atomic E-state index is 13.9. The second kappa shape index (κ2) is 9.60. The molecule has 0 spiro atoms. The van der Waals surface area contributed by atoms with Gasteiger partial charge >= 0.3 is 6.18 Å². The lowest BCUT2D eigenvalue weighted by Crippen LogP contribution is -2.23. The number of anilines is 1. The minimum Gasteiger partial charge on any atom is -0.497 e. The molecule has 5 nitrogen and oxygen atoms in total. The molecule has 2 aromatic rings. The summed E-state index contributed by atoms with van der Waals surface area (Å²) >= 11 is 0.842. The van der Waals surface area contributed by atoms with Crippen molar-refractivity contribution in [2.75, 3.05) is 18.2 Å². The number of nitriles is 1. The number of hydrogen-bond donors (Lipinski definition) is 1. The summed E-state index contributed by atoms with van der Waals surface area (Å²) in [4.78, 5) is 16.7. The average molecular weight is 449 g/mol. The topological polar surface area (TPSA) is 75.0 Å². The fourth-order valence-electron chi connectivity index (χ4n) is 3.71. The largest absolute Gasteiger partial charge is 0.497 e. The van der Waals surface area contributed by atoms with Gasteiger partial charge in [-0.15, -0.1) is 0 Å². The molecule has 0 bridgehead atoms. The summed E-state index contributed by atoms with van der Waals surface area (Å²) in [5, 5.41) is 12.1. The van der Waals surface area contributed by atoms with Crippen LogP contribution in [-0.4, -0.2) is 23.8 Å². The molecule has 0 saturated carbocycles. The van der Waals surface area contributed by atoms with E-state index in [1.165, 1.54) is 7.11 Å². The number of aromatic nitrogens is 1. The van der Waals surface area contributed by atoms with Crippen molar-refractivity contribution in [2.45, 2.75) is 43.8 Å².